The summed E-state index contributed by atoms with van der Waals surface area (Å²) in [5.41, 5.74) is 8.58. The van der Waals surface area contributed by atoms with Crippen LogP contribution in [0.15, 0.2) is 48.9 Å². The molecule has 0 radical (unpaired) electrons. The maximum Gasteiger partial charge on any atom is 0.0760 e. The molecule has 0 saturated carbocycles. The number of nitrogens with two attached hydrogens (primary N) is 1. The van der Waals surface area contributed by atoms with E-state index in [-0.39, 0.29) is 12.0 Å². The summed E-state index contributed by atoms with van der Waals surface area (Å²) in [4.78, 5) is 8.48. The lowest BCUT2D eigenvalue weighted by molar-refractivity contribution is 0.382. The number of benzene rings is 1. The summed E-state index contributed by atoms with van der Waals surface area (Å²) in [6, 6.07) is 10.3. The van der Waals surface area contributed by atoms with Crippen molar-refractivity contribution < 1.29 is 0 Å². The van der Waals surface area contributed by atoms with Gasteiger partial charge in [-0.2, -0.15) is 0 Å². The molecular formula is C16H21N3. The predicted molar refractivity (Wildman–Crippen MR) is 77.6 cm³/mol. The van der Waals surface area contributed by atoms with Crippen molar-refractivity contribution in [1.82, 2.24) is 9.97 Å². The van der Waals surface area contributed by atoms with Crippen molar-refractivity contribution in [2.75, 3.05) is 0 Å². The van der Waals surface area contributed by atoms with Crippen LogP contribution in [-0.4, -0.2) is 9.97 Å². The summed E-state index contributed by atoms with van der Waals surface area (Å²) >= 11 is 0. The largest absolute Gasteiger partial charge is 0.322 e. The molecule has 3 unspecified atom stereocenters. The van der Waals surface area contributed by atoms with E-state index in [9.17, 15) is 0 Å². The second-order valence-electron chi connectivity index (χ2n) is 4.98. The SMILES string of the molecule is CCC(C)C(c1ccccc1)C(N)c1cnccn1. The Morgan fingerprint density at radius 3 is 2.47 bits per heavy atom. The van der Waals surface area contributed by atoms with Crippen molar-refractivity contribution in [3.63, 3.8) is 0 Å². The predicted octanol–water partition coefficient (Wildman–Crippen LogP) is 3.31. The first-order chi connectivity index (χ1) is 9.24. The number of rotatable bonds is 5. The second-order valence-corrected chi connectivity index (χ2v) is 4.98. The molecule has 3 heteroatoms. The van der Waals surface area contributed by atoms with Gasteiger partial charge >= 0.3 is 0 Å². The van der Waals surface area contributed by atoms with Crippen LogP contribution in [0.4, 0.5) is 0 Å². The third kappa shape index (κ3) is 3.18. The number of nitrogens with zero attached hydrogens (tertiary/aromatic N) is 2. The van der Waals surface area contributed by atoms with Crippen molar-refractivity contribution in [2.45, 2.75) is 32.2 Å². The molecule has 3 nitrogen and oxygen atoms in total. The zero-order chi connectivity index (χ0) is 13.7. The van der Waals surface area contributed by atoms with Gasteiger partial charge in [0.2, 0.25) is 0 Å². The summed E-state index contributed by atoms with van der Waals surface area (Å²) in [5.74, 6) is 0.766. The van der Waals surface area contributed by atoms with Crippen molar-refractivity contribution in [3.8, 4) is 0 Å². The van der Waals surface area contributed by atoms with Crippen LogP contribution in [-0.2, 0) is 0 Å². The summed E-state index contributed by atoms with van der Waals surface area (Å²) < 4.78 is 0. The zero-order valence-electron chi connectivity index (χ0n) is 11.5. The van der Waals surface area contributed by atoms with Gasteiger partial charge in [0.05, 0.1) is 11.7 Å². The van der Waals surface area contributed by atoms with Crippen LogP contribution in [0.1, 0.15) is 43.5 Å². The van der Waals surface area contributed by atoms with E-state index in [1.165, 1.54) is 5.56 Å². The van der Waals surface area contributed by atoms with E-state index in [2.05, 4.69) is 48.1 Å². The highest BCUT2D eigenvalue weighted by Gasteiger charge is 2.26. The highest BCUT2D eigenvalue weighted by atomic mass is 14.8. The van der Waals surface area contributed by atoms with Gasteiger partial charge in [0.25, 0.3) is 0 Å². The van der Waals surface area contributed by atoms with Gasteiger partial charge in [-0.3, -0.25) is 9.97 Å². The molecule has 1 aromatic carbocycles. The fourth-order valence-corrected chi connectivity index (χ4v) is 2.49. The van der Waals surface area contributed by atoms with E-state index in [1.54, 1.807) is 18.6 Å². The standard InChI is InChI=1S/C16H21N3/c1-3-12(2)15(13-7-5-4-6-8-13)16(17)14-11-18-9-10-19-14/h4-12,15-16H,3,17H2,1-2H3. The van der Waals surface area contributed by atoms with Gasteiger partial charge in [-0.05, 0) is 11.5 Å². The highest BCUT2D eigenvalue weighted by Crippen LogP contribution is 2.35. The lowest BCUT2D eigenvalue weighted by Crippen LogP contribution is -2.25. The zero-order valence-corrected chi connectivity index (χ0v) is 11.5. The molecular weight excluding hydrogens is 234 g/mol. The Hall–Kier alpha value is -1.74. The number of aromatic nitrogens is 2. The molecule has 1 heterocycles. The normalized spacial score (nSPS) is 15.7. The first kappa shape index (κ1) is 13.7. The van der Waals surface area contributed by atoms with E-state index >= 15 is 0 Å². The molecule has 1 aromatic heterocycles. The van der Waals surface area contributed by atoms with Crippen LogP contribution in [0.25, 0.3) is 0 Å². The maximum absolute atomic E-state index is 6.45. The van der Waals surface area contributed by atoms with Crippen LogP contribution in [0.2, 0.25) is 0 Å². The average molecular weight is 255 g/mol. The third-order valence-corrected chi connectivity index (χ3v) is 3.75. The minimum Gasteiger partial charge on any atom is -0.322 e. The van der Waals surface area contributed by atoms with Gasteiger partial charge in [0, 0.05) is 24.5 Å². The Labute approximate surface area is 114 Å². The summed E-state index contributed by atoms with van der Waals surface area (Å²) in [5, 5.41) is 0. The molecule has 0 saturated heterocycles. The monoisotopic (exact) mass is 255 g/mol. The molecule has 100 valence electrons. The van der Waals surface area contributed by atoms with Gasteiger partial charge in [-0.25, -0.2) is 0 Å². The Kier molecular flexibility index (Phi) is 4.63. The molecule has 0 bridgehead atoms. The third-order valence-electron chi connectivity index (χ3n) is 3.75. The fourth-order valence-electron chi connectivity index (χ4n) is 2.49. The Balaban J connectivity index is 2.34. The van der Waals surface area contributed by atoms with Gasteiger partial charge in [0.15, 0.2) is 0 Å². The topological polar surface area (TPSA) is 51.8 Å². The molecule has 2 aromatic rings. The minimum atomic E-state index is -0.119. The lowest BCUT2D eigenvalue weighted by Gasteiger charge is -2.29. The first-order valence-electron chi connectivity index (χ1n) is 6.80. The molecule has 0 aliphatic carbocycles. The second kappa shape index (κ2) is 6.43. The average Bonchev–Trinajstić information content (AvgIpc) is 2.49. The van der Waals surface area contributed by atoms with Gasteiger partial charge in [0.1, 0.15) is 0 Å². The van der Waals surface area contributed by atoms with Crippen LogP contribution in [0.3, 0.4) is 0 Å². The molecule has 0 amide bonds. The molecule has 0 fully saturated rings. The Bertz CT molecular complexity index is 484. The quantitative estimate of drug-likeness (QED) is 0.891. The van der Waals surface area contributed by atoms with Crippen molar-refractivity contribution in [2.24, 2.45) is 11.7 Å². The summed E-state index contributed by atoms with van der Waals surface area (Å²) in [7, 11) is 0. The molecule has 2 N–H and O–H groups in total. The lowest BCUT2D eigenvalue weighted by atomic mass is 9.79. The molecule has 0 aliphatic heterocycles. The summed E-state index contributed by atoms with van der Waals surface area (Å²) in [6.07, 6.45) is 6.24. The van der Waals surface area contributed by atoms with E-state index in [4.69, 9.17) is 5.73 Å². The van der Waals surface area contributed by atoms with Gasteiger partial charge in [-0.15, -0.1) is 0 Å². The molecule has 19 heavy (non-hydrogen) atoms. The number of hydrogen-bond acceptors (Lipinski definition) is 3. The van der Waals surface area contributed by atoms with E-state index in [0.717, 1.165) is 12.1 Å². The van der Waals surface area contributed by atoms with Crippen LogP contribution in [0, 0.1) is 5.92 Å². The highest BCUT2D eigenvalue weighted by molar-refractivity contribution is 5.24. The minimum absolute atomic E-state index is 0.119. The van der Waals surface area contributed by atoms with E-state index in [0.29, 0.717) is 5.92 Å². The Morgan fingerprint density at radius 2 is 1.89 bits per heavy atom. The van der Waals surface area contributed by atoms with Crippen molar-refractivity contribution in [1.29, 1.82) is 0 Å². The fraction of sp³-hybridized carbons (Fsp3) is 0.375. The van der Waals surface area contributed by atoms with Crippen molar-refractivity contribution in [3.05, 3.63) is 60.2 Å². The maximum atomic E-state index is 6.45. The van der Waals surface area contributed by atoms with Crippen LogP contribution in [0.5, 0.6) is 0 Å². The Morgan fingerprint density at radius 1 is 1.16 bits per heavy atom. The van der Waals surface area contributed by atoms with Gasteiger partial charge < -0.3 is 5.73 Å². The first-order valence-corrected chi connectivity index (χ1v) is 6.80. The summed E-state index contributed by atoms with van der Waals surface area (Å²) in [6.45, 7) is 4.44. The number of hydrogen-bond donors (Lipinski definition) is 1. The van der Waals surface area contributed by atoms with E-state index in [1.807, 2.05) is 6.07 Å². The molecule has 0 aliphatic rings. The van der Waals surface area contributed by atoms with E-state index < -0.39 is 0 Å². The molecule has 0 spiro atoms. The van der Waals surface area contributed by atoms with Crippen LogP contribution < -0.4 is 5.73 Å². The molecule has 3 atom stereocenters. The van der Waals surface area contributed by atoms with Crippen LogP contribution >= 0.6 is 0 Å². The molecule has 2 rings (SSSR count). The van der Waals surface area contributed by atoms with Gasteiger partial charge in [-0.1, -0.05) is 50.6 Å². The van der Waals surface area contributed by atoms with Crippen molar-refractivity contribution >= 4 is 0 Å². The smallest absolute Gasteiger partial charge is 0.0760 e.